The molecule has 3 aromatic carbocycles. The van der Waals surface area contributed by atoms with E-state index in [0.717, 1.165) is 17.0 Å². The van der Waals surface area contributed by atoms with E-state index in [1.54, 1.807) is 6.26 Å². The maximum absolute atomic E-state index is 6.17. The van der Waals surface area contributed by atoms with Gasteiger partial charge >= 0.3 is 0 Å². The summed E-state index contributed by atoms with van der Waals surface area (Å²) in [6.45, 7) is 0. The summed E-state index contributed by atoms with van der Waals surface area (Å²) in [5.41, 5.74) is 0.858. The topological polar surface area (TPSA) is 18.5 Å². The lowest BCUT2D eigenvalue weighted by Crippen LogP contribution is -2.17. The van der Waals surface area contributed by atoms with Crippen LogP contribution in [0.2, 0.25) is 0 Å². The van der Waals surface area contributed by atoms with Crippen molar-refractivity contribution in [2.75, 3.05) is 0 Å². The summed E-state index contributed by atoms with van der Waals surface area (Å²) in [5, 5.41) is 2.48. The normalized spacial score (nSPS) is 12.8. The van der Waals surface area contributed by atoms with Gasteiger partial charge in [-0.15, -0.1) is 0 Å². The molecular weight excluding hydrogens is 303 g/mol. The van der Waals surface area contributed by atoms with Crippen LogP contribution in [-0.2, 0) is 0 Å². The second-order valence-corrected chi connectivity index (χ2v) is 7.27. The Bertz CT molecular complexity index is 789. The molecule has 0 aromatic heterocycles. The second-order valence-electron chi connectivity index (χ2n) is 5.13. The molecule has 0 fully saturated rings. The molecule has 1 aliphatic rings. The maximum atomic E-state index is 6.17. The minimum absolute atomic E-state index is 0.757. The highest BCUT2D eigenvalue weighted by molar-refractivity contribution is 7.76. The number of para-hydroxylation sites is 2. The molecule has 1 heterocycles. The maximum Gasteiger partial charge on any atom is 0.170 e. The van der Waals surface area contributed by atoms with Gasteiger partial charge in [-0.1, -0.05) is 72.8 Å². The molecule has 2 nitrogen and oxygen atoms in total. The summed E-state index contributed by atoms with van der Waals surface area (Å²) < 4.78 is 12.0. The molecule has 0 amide bonds. The zero-order valence-electron chi connectivity index (χ0n) is 12.4. The Hall–Kier alpha value is -2.57. The van der Waals surface area contributed by atoms with Crippen molar-refractivity contribution in [2.45, 2.75) is 0 Å². The molecule has 23 heavy (non-hydrogen) atoms. The van der Waals surface area contributed by atoms with Crippen LogP contribution < -0.4 is 20.1 Å². The van der Waals surface area contributed by atoms with Gasteiger partial charge in [0, 0.05) is 7.92 Å². The predicted molar refractivity (Wildman–Crippen MR) is 94.9 cm³/mol. The van der Waals surface area contributed by atoms with Gasteiger partial charge in [-0.05, 0) is 22.7 Å². The highest BCUT2D eigenvalue weighted by Crippen LogP contribution is 2.47. The SMILES string of the molecule is C1=C(P(c2ccccc2)c2ccccc2)Oc2ccccc2O1. The van der Waals surface area contributed by atoms with Crippen LogP contribution in [0.15, 0.2) is 96.7 Å². The number of hydrogen-bond donors (Lipinski definition) is 0. The van der Waals surface area contributed by atoms with Crippen LogP contribution in [0.25, 0.3) is 0 Å². The van der Waals surface area contributed by atoms with Gasteiger partial charge in [-0.3, -0.25) is 0 Å². The van der Waals surface area contributed by atoms with E-state index in [9.17, 15) is 0 Å². The smallest absolute Gasteiger partial charge is 0.170 e. The molecule has 3 heteroatoms. The van der Waals surface area contributed by atoms with E-state index in [0.29, 0.717) is 0 Å². The number of rotatable bonds is 3. The van der Waals surface area contributed by atoms with Crippen molar-refractivity contribution in [2.24, 2.45) is 0 Å². The van der Waals surface area contributed by atoms with Crippen LogP contribution >= 0.6 is 7.92 Å². The van der Waals surface area contributed by atoms with E-state index in [-0.39, 0.29) is 0 Å². The Morgan fingerprint density at radius 1 is 0.565 bits per heavy atom. The van der Waals surface area contributed by atoms with Crippen molar-refractivity contribution in [3.05, 3.63) is 96.7 Å². The number of fused-ring (bicyclic) bond motifs is 1. The fourth-order valence-electron chi connectivity index (χ4n) is 2.54. The number of hydrogen-bond acceptors (Lipinski definition) is 2. The first-order valence-corrected chi connectivity index (χ1v) is 8.80. The first-order chi connectivity index (χ1) is 11.4. The highest BCUT2D eigenvalue weighted by Gasteiger charge is 2.25. The Labute approximate surface area is 136 Å². The van der Waals surface area contributed by atoms with Gasteiger partial charge in [-0.2, -0.15) is 0 Å². The van der Waals surface area contributed by atoms with Crippen molar-refractivity contribution in [1.82, 2.24) is 0 Å². The molecule has 1 aliphatic heterocycles. The van der Waals surface area contributed by atoms with Gasteiger partial charge in [0.2, 0.25) is 0 Å². The predicted octanol–water partition coefficient (Wildman–Crippen LogP) is 4.39. The summed E-state index contributed by atoms with van der Waals surface area (Å²) >= 11 is 0. The Kier molecular flexibility index (Phi) is 3.83. The molecule has 112 valence electrons. The average molecular weight is 318 g/mol. The van der Waals surface area contributed by atoms with Crippen LogP contribution in [0.1, 0.15) is 0 Å². The molecule has 0 unspecified atom stereocenters. The van der Waals surface area contributed by atoms with Gasteiger partial charge in [0.1, 0.15) is 6.26 Å². The van der Waals surface area contributed by atoms with Crippen molar-refractivity contribution >= 4 is 18.5 Å². The van der Waals surface area contributed by atoms with Gasteiger partial charge < -0.3 is 9.47 Å². The number of ether oxygens (including phenoxy) is 2. The van der Waals surface area contributed by atoms with E-state index in [4.69, 9.17) is 9.47 Å². The highest BCUT2D eigenvalue weighted by atomic mass is 31.1. The van der Waals surface area contributed by atoms with Crippen molar-refractivity contribution in [3.63, 3.8) is 0 Å². The third kappa shape index (κ3) is 2.86. The van der Waals surface area contributed by atoms with Gasteiger partial charge in [0.05, 0.1) is 0 Å². The van der Waals surface area contributed by atoms with Crippen LogP contribution in [0.3, 0.4) is 0 Å². The zero-order chi connectivity index (χ0) is 15.5. The summed E-state index contributed by atoms with van der Waals surface area (Å²) in [5.74, 6) is 1.52. The van der Waals surface area contributed by atoms with Gasteiger partial charge in [0.15, 0.2) is 17.0 Å². The lowest BCUT2D eigenvalue weighted by molar-refractivity contribution is 0.350. The largest absolute Gasteiger partial charge is 0.457 e. The lowest BCUT2D eigenvalue weighted by Gasteiger charge is -2.25. The molecule has 0 radical (unpaired) electrons. The molecule has 0 atom stereocenters. The van der Waals surface area contributed by atoms with Crippen LogP contribution in [0.5, 0.6) is 11.5 Å². The third-order valence-corrected chi connectivity index (χ3v) is 5.87. The van der Waals surface area contributed by atoms with Crippen LogP contribution in [0, 0.1) is 0 Å². The summed E-state index contributed by atoms with van der Waals surface area (Å²) in [6.07, 6.45) is 1.74. The molecule has 0 saturated carbocycles. The molecule has 0 bridgehead atoms. The lowest BCUT2D eigenvalue weighted by atomic mass is 10.3. The monoisotopic (exact) mass is 318 g/mol. The Morgan fingerprint density at radius 3 is 1.70 bits per heavy atom. The van der Waals surface area contributed by atoms with Gasteiger partial charge in [-0.25, -0.2) is 0 Å². The van der Waals surface area contributed by atoms with Crippen LogP contribution in [-0.4, -0.2) is 0 Å². The molecule has 0 spiro atoms. The summed E-state index contributed by atoms with van der Waals surface area (Å²) in [6, 6.07) is 28.6. The molecule has 0 N–H and O–H groups in total. The van der Waals surface area contributed by atoms with Gasteiger partial charge in [0.25, 0.3) is 0 Å². The standard InChI is InChI=1S/C20H15O2P/c1-3-9-16(10-4-1)23(17-11-5-2-6-12-17)20-15-21-18-13-7-8-14-19(18)22-20/h1-15H. The van der Waals surface area contributed by atoms with Crippen molar-refractivity contribution in [3.8, 4) is 11.5 Å². The van der Waals surface area contributed by atoms with Crippen molar-refractivity contribution in [1.29, 1.82) is 0 Å². The molecular formula is C20H15O2P. The minimum Gasteiger partial charge on any atom is -0.457 e. The van der Waals surface area contributed by atoms with E-state index < -0.39 is 7.92 Å². The van der Waals surface area contributed by atoms with E-state index >= 15 is 0 Å². The molecule has 4 rings (SSSR count). The van der Waals surface area contributed by atoms with Crippen LogP contribution in [0.4, 0.5) is 0 Å². The van der Waals surface area contributed by atoms with E-state index in [1.165, 1.54) is 10.6 Å². The third-order valence-electron chi connectivity index (χ3n) is 3.60. The molecule has 0 saturated heterocycles. The minimum atomic E-state index is -0.780. The van der Waals surface area contributed by atoms with E-state index in [2.05, 4.69) is 48.5 Å². The van der Waals surface area contributed by atoms with E-state index in [1.807, 2.05) is 36.4 Å². The first-order valence-electron chi connectivity index (χ1n) is 7.46. The summed E-state index contributed by atoms with van der Waals surface area (Å²) in [7, 11) is -0.780. The van der Waals surface area contributed by atoms with Crippen molar-refractivity contribution < 1.29 is 9.47 Å². The average Bonchev–Trinajstić information content (AvgIpc) is 2.64. The fraction of sp³-hybridized carbons (Fsp3) is 0. The quantitative estimate of drug-likeness (QED) is 0.667. The second kappa shape index (κ2) is 6.28. The molecule has 3 aromatic rings. The Morgan fingerprint density at radius 2 is 1.09 bits per heavy atom. The summed E-state index contributed by atoms with van der Waals surface area (Å²) in [4.78, 5) is 0. The number of benzene rings is 3. The first kappa shape index (κ1) is 14.0. The fourth-order valence-corrected chi connectivity index (χ4v) is 4.63. The Balaban J connectivity index is 1.77. The zero-order valence-corrected chi connectivity index (χ0v) is 13.3. The molecule has 0 aliphatic carbocycles.